The van der Waals surface area contributed by atoms with E-state index in [-0.39, 0.29) is 0 Å². The van der Waals surface area contributed by atoms with Crippen molar-refractivity contribution in [2.75, 3.05) is 26.3 Å². The van der Waals surface area contributed by atoms with E-state index in [1.807, 2.05) is 0 Å². The molecule has 1 saturated heterocycles. The van der Waals surface area contributed by atoms with Crippen molar-refractivity contribution in [1.82, 2.24) is 5.32 Å². The second kappa shape index (κ2) is 4.04. The molecule has 1 atom stereocenters. The molecule has 2 rings (SSSR count). The average Bonchev–Trinajstić information content (AvgIpc) is 2.85. The molecule has 0 aromatic heterocycles. The van der Waals surface area contributed by atoms with Crippen molar-refractivity contribution in [1.29, 1.82) is 0 Å². The Kier molecular flexibility index (Phi) is 3.06. The van der Waals surface area contributed by atoms with Crippen LogP contribution in [0.4, 0.5) is 0 Å². The van der Waals surface area contributed by atoms with Crippen LogP contribution >= 0.6 is 0 Å². The van der Waals surface area contributed by atoms with Gasteiger partial charge >= 0.3 is 0 Å². The Bertz CT molecular complexity index is 222. The molecule has 3 nitrogen and oxygen atoms in total. The molecule has 1 aliphatic carbocycles. The van der Waals surface area contributed by atoms with E-state index in [1.54, 1.807) is 0 Å². The molecule has 3 heteroatoms. The minimum Gasteiger partial charge on any atom is -0.381 e. The third kappa shape index (κ3) is 2.52. The fourth-order valence-corrected chi connectivity index (χ4v) is 2.41. The van der Waals surface area contributed by atoms with Gasteiger partial charge in [0.25, 0.3) is 0 Å². The van der Waals surface area contributed by atoms with Crippen LogP contribution < -0.4 is 11.1 Å². The van der Waals surface area contributed by atoms with E-state index in [0.717, 1.165) is 39.1 Å². The summed E-state index contributed by atoms with van der Waals surface area (Å²) in [7, 11) is 0. The second-order valence-corrected chi connectivity index (χ2v) is 5.94. The molecule has 1 heterocycles. The number of hydrogen-bond donors (Lipinski definition) is 2. The van der Waals surface area contributed by atoms with Crippen molar-refractivity contribution in [2.45, 2.75) is 39.2 Å². The maximum absolute atomic E-state index is 5.92. The predicted molar refractivity (Wildman–Crippen MR) is 61.7 cm³/mol. The lowest BCUT2D eigenvalue weighted by atomic mass is 9.80. The van der Waals surface area contributed by atoms with E-state index in [0.29, 0.717) is 16.9 Å². The number of ether oxygens (including phenoxy) is 1. The molecule has 15 heavy (non-hydrogen) atoms. The van der Waals surface area contributed by atoms with Crippen molar-refractivity contribution < 1.29 is 4.74 Å². The van der Waals surface area contributed by atoms with E-state index in [4.69, 9.17) is 10.5 Å². The highest BCUT2D eigenvalue weighted by atomic mass is 16.5. The minimum atomic E-state index is 0.302. The molecule has 2 fully saturated rings. The molecule has 0 radical (unpaired) electrons. The lowest BCUT2D eigenvalue weighted by Gasteiger charge is -2.36. The van der Waals surface area contributed by atoms with E-state index in [1.165, 1.54) is 6.42 Å². The van der Waals surface area contributed by atoms with Crippen molar-refractivity contribution in [3.8, 4) is 0 Å². The predicted octanol–water partition coefficient (Wildman–Crippen LogP) is 1.13. The zero-order chi connectivity index (χ0) is 10.9. The maximum atomic E-state index is 5.92. The smallest absolute Gasteiger partial charge is 0.0472 e. The average molecular weight is 212 g/mol. The fraction of sp³-hybridized carbons (Fsp3) is 1.00. The number of hydrogen-bond acceptors (Lipinski definition) is 3. The first-order chi connectivity index (χ1) is 7.08. The zero-order valence-electron chi connectivity index (χ0n) is 10.0. The van der Waals surface area contributed by atoms with Crippen LogP contribution in [-0.4, -0.2) is 32.3 Å². The molecule has 2 aliphatic rings. The number of nitrogens with two attached hydrogens (primary N) is 1. The normalized spacial score (nSPS) is 32.6. The summed E-state index contributed by atoms with van der Waals surface area (Å²) in [4.78, 5) is 0. The van der Waals surface area contributed by atoms with Crippen LogP contribution in [0, 0.1) is 10.8 Å². The molecule has 0 aromatic carbocycles. The molecular weight excluding hydrogens is 188 g/mol. The van der Waals surface area contributed by atoms with E-state index in [2.05, 4.69) is 19.2 Å². The van der Waals surface area contributed by atoms with Gasteiger partial charge < -0.3 is 15.8 Å². The van der Waals surface area contributed by atoms with E-state index >= 15 is 0 Å². The SMILES string of the molecule is CC1(C)CC1NCC1(CN)CCOCC1. The number of nitrogens with one attached hydrogen (secondary N) is 1. The lowest BCUT2D eigenvalue weighted by molar-refractivity contribution is 0.0187. The van der Waals surface area contributed by atoms with E-state index < -0.39 is 0 Å². The zero-order valence-corrected chi connectivity index (χ0v) is 10.0. The third-order valence-corrected chi connectivity index (χ3v) is 4.22. The first-order valence-corrected chi connectivity index (χ1v) is 6.09. The van der Waals surface area contributed by atoms with Crippen LogP contribution in [0.3, 0.4) is 0 Å². The molecular formula is C12H24N2O. The molecule has 1 unspecified atom stereocenters. The summed E-state index contributed by atoms with van der Waals surface area (Å²) >= 11 is 0. The van der Waals surface area contributed by atoms with Crippen LogP contribution in [0.5, 0.6) is 0 Å². The topological polar surface area (TPSA) is 47.3 Å². The second-order valence-electron chi connectivity index (χ2n) is 5.94. The van der Waals surface area contributed by atoms with Crippen molar-refractivity contribution in [3.05, 3.63) is 0 Å². The van der Waals surface area contributed by atoms with Gasteiger partial charge in [0.2, 0.25) is 0 Å². The summed E-state index contributed by atoms with van der Waals surface area (Å²) in [5, 5.41) is 3.67. The summed E-state index contributed by atoms with van der Waals surface area (Å²) in [6, 6.07) is 0.712. The highest BCUT2D eigenvalue weighted by Gasteiger charge is 2.46. The van der Waals surface area contributed by atoms with Gasteiger partial charge in [-0.15, -0.1) is 0 Å². The van der Waals surface area contributed by atoms with Gasteiger partial charge in [0, 0.05) is 25.8 Å². The monoisotopic (exact) mass is 212 g/mol. The molecule has 0 spiro atoms. The van der Waals surface area contributed by atoms with Gasteiger partial charge in [0.05, 0.1) is 0 Å². The molecule has 1 saturated carbocycles. The van der Waals surface area contributed by atoms with E-state index in [9.17, 15) is 0 Å². The summed E-state index contributed by atoms with van der Waals surface area (Å²) in [5.41, 5.74) is 6.73. The summed E-state index contributed by atoms with van der Waals surface area (Å²) in [6.45, 7) is 8.27. The van der Waals surface area contributed by atoms with Gasteiger partial charge in [0.1, 0.15) is 0 Å². The Hall–Kier alpha value is -0.120. The van der Waals surface area contributed by atoms with Gasteiger partial charge in [-0.1, -0.05) is 13.8 Å². The maximum Gasteiger partial charge on any atom is 0.0472 e. The van der Waals surface area contributed by atoms with Gasteiger partial charge in [-0.3, -0.25) is 0 Å². The largest absolute Gasteiger partial charge is 0.381 e. The van der Waals surface area contributed by atoms with Crippen molar-refractivity contribution in [3.63, 3.8) is 0 Å². The van der Waals surface area contributed by atoms with Crippen molar-refractivity contribution >= 4 is 0 Å². The highest BCUT2D eigenvalue weighted by Crippen LogP contribution is 2.45. The van der Waals surface area contributed by atoms with Crippen LogP contribution in [0.25, 0.3) is 0 Å². The first-order valence-electron chi connectivity index (χ1n) is 6.09. The summed E-state index contributed by atoms with van der Waals surface area (Å²) in [5.74, 6) is 0. The Morgan fingerprint density at radius 2 is 1.93 bits per heavy atom. The molecule has 0 amide bonds. The standard InChI is InChI=1S/C12H24N2O/c1-11(2)7-10(11)14-9-12(8-13)3-5-15-6-4-12/h10,14H,3-9,13H2,1-2H3. The van der Waals surface area contributed by atoms with Crippen LogP contribution in [0.1, 0.15) is 33.1 Å². The molecule has 0 bridgehead atoms. The van der Waals surface area contributed by atoms with Crippen LogP contribution in [0.15, 0.2) is 0 Å². The number of rotatable bonds is 4. The fourth-order valence-electron chi connectivity index (χ4n) is 2.41. The Balaban J connectivity index is 1.80. The van der Waals surface area contributed by atoms with Gasteiger partial charge in [-0.05, 0) is 36.6 Å². The summed E-state index contributed by atoms with van der Waals surface area (Å²) < 4.78 is 5.41. The molecule has 88 valence electrons. The molecule has 0 aromatic rings. The molecule has 1 aliphatic heterocycles. The Morgan fingerprint density at radius 3 is 2.40 bits per heavy atom. The van der Waals surface area contributed by atoms with Gasteiger partial charge in [-0.2, -0.15) is 0 Å². The Labute approximate surface area is 92.7 Å². The third-order valence-electron chi connectivity index (χ3n) is 4.22. The highest BCUT2D eigenvalue weighted by molar-refractivity contribution is 5.02. The van der Waals surface area contributed by atoms with Gasteiger partial charge in [-0.25, -0.2) is 0 Å². The van der Waals surface area contributed by atoms with Crippen LogP contribution in [0.2, 0.25) is 0 Å². The minimum absolute atomic E-state index is 0.302. The Morgan fingerprint density at radius 1 is 1.33 bits per heavy atom. The van der Waals surface area contributed by atoms with Crippen LogP contribution in [-0.2, 0) is 4.74 Å². The lowest BCUT2D eigenvalue weighted by Crippen LogP contribution is -2.45. The summed E-state index contributed by atoms with van der Waals surface area (Å²) in [6.07, 6.45) is 3.54. The van der Waals surface area contributed by atoms with Crippen molar-refractivity contribution in [2.24, 2.45) is 16.6 Å². The quantitative estimate of drug-likeness (QED) is 0.734. The first kappa shape index (κ1) is 11.4. The van der Waals surface area contributed by atoms with Gasteiger partial charge in [0.15, 0.2) is 0 Å². The molecule has 3 N–H and O–H groups in total.